The van der Waals surface area contributed by atoms with Gasteiger partial charge in [-0.2, -0.15) is 9.49 Å². The van der Waals surface area contributed by atoms with Gasteiger partial charge in [-0.15, -0.1) is 0 Å². The van der Waals surface area contributed by atoms with Crippen molar-refractivity contribution in [2.45, 2.75) is 11.8 Å². The highest BCUT2D eigenvalue weighted by Gasteiger charge is 2.21. The maximum Gasteiger partial charge on any atom is 0.304 e. The summed E-state index contributed by atoms with van der Waals surface area (Å²) in [7, 11) is -2.43. The predicted octanol–water partition coefficient (Wildman–Crippen LogP) is 1.58. The lowest BCUT2D eigenvalue weighted by Gasteiger charge is -2.06. The van der Waals surface area contributed by atoms with Crippen molar-refractivity contribution in [1.29, 1.82) is 0 Å². The zero-order valence-corrected chi connectivity index (χ0v) is 11.9. The monoisotopic (exact) mass is 314 g/mol. The van der Waals surface area contributed by atoms with Gasteiger partial charge in [0.2, 0.25) is 5.82 Å². The van der Waals surface area contributed by atoms with E-state index in [0.29, 0.717) is 11.8 Å². The predicted molar refractivity (Wildman–Crippen MR) is 71.8 cm³/mol. The second-order valence-corrected chi connectivity index (χ2v) is 5.96. The van der Waals surface area contributed by atoms with Crippen LogP contribution >= 0.6 is 0 Å². The first kappa shape index (κ1) is 14.9. The van der Waals surface area contributed by atoms with E-state index in [2.05, 4.69) is 9.82 Å². The Morgan fingerprint density at radius 3 is 2.57 bits per heavy atom. The summed E-state index contributed by atoms with van der Waals surface area (Å²) in [6.07, 6.45) is 1.45. The third-order valence-electron chi connectivity index (χ3n) is 2.68. The quantitative estimate of drug-likeness (QED) is 0.681. The van der Waals surface area contributed by atoms with Crippen molar-refractivity contribution < 1.29 is 17.7 Å². The molecular formula is C11H11FN4O4S. The minimum atomic E-state index is -4.05. The Morgan fingerprint density at radius 1 is 1.43 bits per heavy atom. The van der Waals surface area contributed by atoms with Gasteiger partial charge in [0.15, 0.2) is 0 Å². The zero-order valence-electron chi connectivity index (χ0n) is 11.1. The van der Waals surface area contributed by atoms with E-state index >= 15 is 0 Å². The number of nitro groups is 1. The van der Waals surface area contributed by atoms with E-state index in [1.165, 1.54) is 10.9 Å². The second-order valence-electron chi connectivity index (χ2n) is 4.28. The summed E-state index contributed by atoms with van der Waals surface area (Å²) in [6, 6.07) is 2.38. The lowest BCUT2D eigenvalue weighted by molar-refractivity contribution is -0.387. The molecule has 0 amide bonds. The molecule has 0 atom stereocenters. The highest BCUT2D eigenvalue weighted by atomic mass is 32.2. The number of rotatable bonds is 4. The Morgan fingerprint density at radius 2 is 2.10 bits per heavy atom. The first-order valence-electron chi connectivity index (χ1n) is 5.68. The van der Waals surface area contributed by atoms with E-state index in [1.807, 2.05) is 0 Å². The Balaban J connectivity index is 2.38. The standard InChI is InChI=1S/C11H11FN4O4S/c1-7-10(6-15(2)13-7)14-21(19,20)8-3-4-11(16(17)18)9(12)5-8/h3-6,14H,1-2H3. The molecule has 8 nitrogen and oxygen atoms in total. The molecule has 10 heteroatoms. The summed E-state index contributed by atoms with van der Waals surface area (Å²) < 4.78 is 41.4. The van der Waals surface area contributed by atoms with Crippen LogP contribution in [0.1, 0.15) is 5.69 Å². The minimum absolute atomic E-state index is 0.247. The number of nitro benzene ring substituents is 1. The molecule has 0 spiro atoms. The molecule has 0 aliphatic carbocycles. The summed E-state index contributed by atoms with van der Waals surface area (Å²) in [5.74, 6) is -1.22. The van der Waals surface area contributed by atoms with Crippen molar-refractivity contribution in [2.24, 2.45) is 7.05 Å². The summed E-state index contributed by atoms with van der Waals surface area (Å²) in [6.45, 7) is 1.61. The number of sulfonamides is 1. The van der Waals surface area contributed by atoms with Gasteiger partial charge in [-0.25, -0.2) is 8.42 Å². The second kappa shape index (κ2) is 5.13. The van der Waals surface area contributed by atoms with E-state index in [0.717, 1.165) is 12.1 Å². The topological polar surface area (TPSA) is 107 Å². The molecule has 2 rings (SSSR count). The summed E-state index contributed by atoms with van der Waals surface area (Å²) in [5.41, 5.74) is -0.0915. The molecule has 112 valence electrons. The molecule has 0 unspecified atom stereocenters. The number of nitrogens with zero attached hydrogens (tertiary/aromatic N) is 3. The molecular weight excluding hydrogens is 303 g/mol. The van der Waals surface area contributed by atoms with Gasteiger partial charge in [-0.05, 0) is 13.0 Å². The Kier molecular flexibility index (Phi) is 3.64. The van der Waals surface area contributed by atoms with Gasteiger partial charge in [0.1, 0.15) is 0 Å². The largest absolute Gasteiger partial charge is 0.304 e. The number of anilines is 1. The average Bonchev–Trinajstić information content (AvgIpc) is 2.66. The maximum atomic E-state index is 13.5. The number of hydrogen-bond donors (Lipinski definition) is 1. The number of aryl methyl sites for hydroxylation is 2. The Bertz CT molecular complexity index is 816. The molecule has 0 saturated heterocycles. The van der Waals surface area contributed by atoms with Crippen LogP contribution in [0.2, 0.25) is 0 Å². The number of nitrogens with one attached hydrogen (secondary N) is 1. The van der Waals surface area contributed by atoms with Crippen LogP contribution in [0.25, 0.3) is 0 Å². The molecule has 0 bridgehead atoms. The third kappa shape index (κ3) is 2.99. The fourth-order valence-corrected chi connectivity index (χ4v) is 2.82. The summed E-state index contributed by atoms with van der Waals surface area (Å²) in [4.78, 5) is 9.18. The molecule has 0 saturated carbocycles. The van der Waals surface area contributed by atoms with E-state index in [-0.39, 0.29) is 5.69 Å². The lowest BCUT2D eigenvalue weighted by atomic mass is 10.3. The van der Waals surface area contributed by atoms with Crippen LogP contribution in [0.5, 0.6) is 0 Å². The first-order valence-corrected chi connectivity index (χ1v) is 7.16. The Labute approximate surface area is 119 Å². The normalized spacial score (nSPS) is 11.4. The molecule has 21 heavy (non-hydrogen) atoms. The van der Waals surface area contributed by atoms with Gasteiger partial charge in [0.25, 0.3) is 10.0 Å². The van der Waals surface area contributed by atoms with Crippen LogP contribution in [-0.4, -0.2) is 23.1 Å². The van der Waals surface area contributed by atoms with Gasteiger partial charge >= 0.3 is 5.69 Å². The van der Waals surface area contributed by atoms with Crippen molar-refractivity contribution in [3.63, 3.8) is 0 Å². The van der Waals surface area contributed by atoms with Crippen LogP contribution in [0.3, 0.4) is 0 Å². The third-order valence-corrected chi connectivity index (χ3v) is 4.05. The zero-order chi connectivity index (χ0) is 15.8. The Hall–Kier alpha value is -2.49. The average molecular weight is 314 g/mol. The van der Waals surface area contributed by atoms with Crippen molar-refractivity contribution in [2.75, 3.05) is 4.72 Å². The number of benzene rings is 1. The summed E-state index contributed by atoms with van der Waals surface area (Å²) >= 11 is 0. The molecule has 0 fully saturated rings. The van der Waals surface area contributed by atoms with Crippen molar-refractivity contribution >= 4 is 21.4 Å². The van der Waals surface area contributed by atoms with Crippen LogP contribution in [0.15, 0.2) is 29.3 Å². The number of aromatic nitrogens is 2. The van der Waals surface area contributed by atoms with Crippen molar-refractivity contribution in [3.8, 4) is 0 Å². The maximum absolute atomic E-state index is 13.5. The summed E-state index contributed by atoms with van der Waals surface area (Å²) in [5, 5.41) is 14.5. The first-order chi connectivity index (χ1) is 9.70. The van der Waals surface area contributed by atoms with Gasteiger partial charge in [-0.3, -0.25) is 19.5 Å². The fourth-order valence-electron chi connectivity index (χ4n) is 1.71. The molecule has 2 aromatic rings. The van der Waals surface area contributed by atoms with E-state index in [9.17, 15) is 22.9 Å². The van der Waals surface area contributed by atoms with Gasteiger partial charge in [0, 0.05) is 25.4 Å². The molecule has 1 aromatic carbocycles. The van der Waals surface area contributed by atoms with Crippen molar-refractivity contribution in [1.82, 2.24) is 9.78 Å². The minimum Gasteiger partial charge on any atom is -0.276 e. The highest BCUT2D eigenvalue weighted by molar-refractivity contribution is 7.92. The molecule has 0 aliphatic rings. The smallest absolute Gasteiger partial charge is 0.276 e. The van der Waals surface area contributed by atoms with Crippen molar-refractivity contribution in [3.05, 3.63) is 46.0 Å². The van der Waals surface area contributed by atoms with Crippen LogP contribution in [0, 0.1) is 22.9 Å². The molecule has 0 aliphatic heterocycles. The molecule has 0 radical (unpaired) electrons. The van der Waals surface area contributed by atoms with Gasteiger partial charge in [0.05, 0.1) is 21.2 Å². The van der Waals surface area contributed by atoms with Crippen LogP contribution < -0.4 is 4.72 Å². The van der Waals surface area contributed by atoms with E-state index < -0.39 is 31.3 Å². The van der Waals surface area contributed by atoms with Crippen LogP contribution in [0.4, 0.5) is 15.8 Å². The van der Waals surface area contributed by atoms with E-state index in [4.69, 9.17) is 0 Å². The molecule has 1 heterocycles. The van der Waals surface area contributed by atoms with E-state index in [1.54, 1.807) is 14.0 Å². The highest BCUT2D eigenvalue weighted by Crippen LogP contribution is 2.23. The number of hydrogen-bond acceptors (Lipinski definition) is 5. The molecule has 1 aromatic heterocycles. The SMILES string of the molecule is Cc1nn(C)cc1NS(=O)(=O)c1ccc([N+](=O)[O-])c(F)c1. The van der Waals surface area contributed by atoms with Crippen LogP contribution in [-0.2, 0) is 17.1 Å². The van der Waals surface area contributed by atoms with Gasteiger partial charge in [-0.1, -0.05) is 0 Å². The lowest BCUT2D eigenvalue weighted by Crippen LogP contribution is -2.13. The number of halogens is 1. The fraction of sp³-hybridized carbons (Fsp3) is 0.182. The van der Waals surface area contributed by atoms with Gasteiger partial charge < -0.3 is 0 Å². The molecule has 1 N–H and O–H groups in total.